The molecule has 6 rings (SSSR count). The van der Waals surface area contributed by atoms with Crippen LogP contribution in [-0.2, 0) is 32.3 Å². The lowest BCUT2D eigenvalue weighted by Gasteiger charge is -2.40. The second-order valence-corrected chi connectivity index (χ2v) is 13.3. The highest BCUT2D eigenvalue weighted by Gasteiger charge is 2.39. The number of hydrogen-bond acceptors (Lipinski definition) is 5. The van der Waals surface area contributed by atoms with Crippen molar-refractivity contribution in [1.29, 1.82) is 0 Å². The maximum atomic E-state index is 14.1. The summed E-state index contributed by atoms with van der Waals surface area (Å²) in [6.45, 7) is 4.27. The SMILES string of the molecule is CC1(C)Cc2cc(-c3ccc(C(F)(F)F)cc3)ccc2N(S(=O)(=O)c2ccc(C3=NOC(=O)C3)c(C3CC3)c2)C1. The zero-order chi connectivity index (χ0) is 28.4. The van der Waals surface area contributed by atoms with Crippen molar-refractivity contribution in [2.75, 3.05) is 10.8 Å². The third-order valence-corrected chi connectivity index (χ3v) is 9.40. The van der Waals surface area contributed by atoms with Crippen LogP contribution in [0.25, 0.3) is 11.1 Å². The highest BCUT2D eigenvalue weighted by atomic mass is 32.2. The lowest BCUT2D eigenvalue weighted by atomic mass is 9.81. The van der Waals surface area contributed by atoms with E-state index in [-0.39, 0.29) is 29.2 Å². The minimum Gasteiger partial charge on any atom is -0.318 e. The molecule has 0 spiro atoms. The molecular formula is C30H27F3N2O4S. The fourth-order valence-electron chi connectivity index (χ4n) is 5.54. The fourth-order valence-corrected chi connectivity index (χ4v) is 7.26. The zero-order valence-corrected chi connectivity index (χ0v) is 22.8. The van der Waals surface area contributed by atoms with E-state index < -0.39 is 27.7 Å². The normalized spacial score (nSPS) is 18.8. The van der Waals surface area contributed by atoms with Crippen LogP contribution in [0.2, 0.25) is 0 Å². The first kappa shape index (κ1) is 26.6. The summed E-state index contributed by atoms with van der Waals surface area (Å²) in [4.78, 5) is 16.5. The van der Waals surface area contributed by atoms with Crippen molar-refractivity contribution in [3.05, 3.63) is 82.9 Å². The highest BCUT2D eigenvalue weighted by Crippen LogP contribution is 2.45. The Morgan fingerprint density at radius 3 is 2.30 bits per heavy atom. The molecule has 0 bridgehead atoms. The van der Waals surface area contributed by atoms with Gasteiger partial charge in [0.2, 0.25) is 0 Å². The molecule has 0 atom stereocenters. The van der Waals surface area contributed by atoms with Crippen LogP contribution in [-0.4, -0.2) is 26.6 Å². The number of carbonyl (C=O) groups excluding carboxylic acids is 1. The third kappa shape index (κ3) is 4.89. The van der Waals surface area contributed by atoms with E-state index in [1.54, 1.807) is 30.3 Å². The molecule has 1 aliphatic carbocycles. The first-order valence-corrected chi connectivity index (χ1v) is 14.5. The molecule has 2 aliphatic heterocycles. The molecule has 0 unspecified atom stereocenters. The number of sulfonamides is 1. The largest absolute Gasteiger partial charge is 0.416 e. The van der Waals surface area contributed by atoms with E-state index in [2.05, 4.69) is 5.16 Å². The van der Waals surface area contributed by atoms with Gasteiger partial charge >= 0.3 is 12.1 Å². The minimum atomic E-state index is -4.42. The summed E-state index contributed by atoms with van der Waals surface area (Å²) in [6.07, 6.45) is -1.87. The van der Waals surface area contributed by atoms with E-state index in [4.69, 9.17) is 4.84 Å². The number of halogens is 3. The molecule has 0 amide bonds. The maximum absolute atomic E-state index is 14.1. The molecule has 3 aromatic rings. The Morgan fingerprint density at radius 2 is 1.68 bits per heavy atom. The Kier molecular flexibility index (Phi) is 6.10. The Labute approximate surface area is 230 Å². The fraction of sp³-hybridized carbons (Fsp3) is 0.333. The van der Waals surface area contributed by atoms with Gasteiger partial charge in [0.25, 0.3) is 10.0 Å². The quantitative estimate of drug-likeness (QED) is 0.322. The van der Waals surface area contributed by atoms with Gasteiger partial charge < -0.3 is 4.84 Å². The van der Waals surface area contributed by atoms with Gasteiger partial charge in [0.1, 0.15) is 0 Å². The number of fused-ring (bicyclic) bond motifs is 1. The van der Waals surface area contributed by atoms with Crippen LogP contribution < -0.4 is 4.31 Å². The Bertz CT molecular complexity index is 1660. The summed E-state index contributed by atoms with van der Waals surface area (Å²) in [7, 11) is -3.95. The van der Waals surface area contributed by atoms with Crippen molar-refractivity contribution in [3.63, 3.8) is 0 Å². The third-order valence-electron chi connectivity index (χ3n) is 7.64. The lowest BCUT2D eigenvalue weighted by molar-refractivity contribution is -0.140. The molecule has 10 heteroatoms. The zero-order valence-electron chi connectivity index (χ0n) is 22.0. The van der Waals surface area contributed by atoms with E-state index in [1.807, 2.05) is 19.9 Å². The van der Waals surface area contributed by atoms with E-state index in [9.17, 15) is 26.4 Å². The smallest absolute Gasteiger partial charge is 0.318 e. The number of nitrogens with zero attached hydrogens (tertiary/aromatic N) is 2. The molecule has 3 aromatic carbocycles. The summed E-state index contributed by atoms with van der Waals surface area (Å²) in [5.41, 5.74) is 3.72. The molecule has 40 heavy (non-hydrogen) atoms. The van der Waals surface area contributed by atoms with Crippen LogP contribution in [0.3, 0.4) is 0 Å². The topological polar surface area (TPSA) is 76.0 Å². The Morgan fingerprint density at radius 1 is 0.975 bits per heavy atom. The first-order chi connectivity index (χ1) is 18.8. The van der Waals surface area contributed by atoms with Crippen molar-refractivity contribution in [2.24, 2.45) is 10.6 Å². The molecule has 0 radical (unpaired) electrons. The van der Waals surface area contributed by atoms with E-state index in [1.165, 1.54) is 16.4 Å². The standard InChI is InChI=1S/C30H27F3N2O4S/c1-29(2)16-21-13-20(18-5-8-22(9-6-18)30(31,32)33)7-12-27(21)35(17-29)40(37,38)23-10-11-24(25(14-23)19-3-4-19)26-15-28(36)39-34-26/h5-14,19H,3-4,15-17H2,1-2H3. The Balaban J connectivity index is 1.37. The van der Waals surface area contributed by atoms with Crippen molar-refractivity contribution >= 4 is 27.4 Å². The average molecular weight is 569 g/mol. The number of benzene rings is 3. The van der Waals surface area contributed by atoms with Crippen LogP contribution in [0.4, 0.5) is 18.9 Å². The van der Waals surface area contributed by atoms with Crippen LogP contribution in [0.1, 0.15) is 61.3 Å². The van der Waals surface area contributed by atoms with Gasteiger partial charge in [0.05, 0.1) is 28.3 Å². The van der Waals surface area contributed by atoms with Gasteiger partial charge in [0.15, 0.2) is 0 Å². The summed E-state index contributed by atoms with van der Waals surface area (Å²) < 4.78 is 68.8. The molecule has 6 nitrogen and oxygen atoms in total. The molecule has 0 aromatic heterocycles. The molecule has 1 saturated carbocycles. The van der Waals surface area contributed by atoms with Crippen molar-refractivity contribution < 1.29 is 31.2 Å². The van der Waals surface area contributed by atoms with E-state index in [0.29, 0.717) is 23.4 Å². The number of carbonyl (C=O) groups is 1. The molecule has 3 aliphatic rings. The Hall–Kier alpha value is -3.66. The number of alkyl halides is 3. The average Bonchev–Trinajstić information content (AvgIpc) is 3.66. The molecular weight excluding hydrogens is 541 g/mol. The second kappa shape index (κ2) is 9.19. The first-order valence-electron chi connectivity index (χ1n) is 13.1. The number of oxime groups is 1. The van der Waals surface area contributed by atoms with Gasteiger partial charge in [0, 0.05) is 12.1 Å². The summed E-state index contributed by atoms with van der Waals surface area (Å²) >= 11 is 0. The van der Waals surface area contributed by atoms with Gasteiger partial charge in [-0.3, -0.25) is 4.31 Å². The molecule has 1 fully saturated rings. The van der Waals surface area contributed by atoms with E-state index >= 15 is 0 Å². The highest BCUT2D eigenvalue weighted by molar-refractivity contribution is 7.92. The predicted octanol–water partition coefficient (Wildman–Crippen LogP) is 6.68. The maximum Gasteiger partial charge on any atom is 0.416 e. The van der Waals surface area contributed by atoms with Gasteiger partial charge in [-0.1, -0.05) is 43.3 Å². The number of rotatable bonds is 5. The van der Waals surface area contributed by atoms with Gasteiger partial charge in [-0.2, -0.15) is 13.2 Å². The van der Waals surface area contributed by atoms with Gasteiger partial charge in [-0.05, 0) is 89.2 Å². The monoisotopic (exact) mass is 568 g/mol. The summed E-state index contributed by atoms with van der Waals surface area (Å²) in [5, 5.41) is 3.89. The van der Waals surface area contributed by atoms with Crippen LogP contribution in [0, 0.1) is 5.41 Å². The van der Waals surface area contributed by atoms with Crippen molar-refractivity contribution in [3.8, 4) is 11.1 Å². The van der Waals surface area contributed by atoms with Gasteiger partial charge in [-0.15, -0.1) is 0 Å². The van der Waals surface area contributed by atoms with Crippen molar-refractivity contribution in [1.82, 2.24) is 0 Å². The molecule has 0 saturated heterocycles. The van der Waals surface area contributed by atoms with E-state index in [0.717, 1.165) is 47.2 Å². The predicted molar refractivity (Wildman–Crippen MR) is 145 cm³/mol. The second-order valence-electron chi connectivity index (χ2n) is 11.5. The molecule has 208 valence electrons. The number of anilines is 1. The van der Waals surface area contributed by atoms with Crippen LogP contribution >= 0.6 is 0 Å². The number of hydrogen-bond donors (Lipinski definition) is 0. The minimum absolute atomic E-state index is 0.0563. The molecule has 2 heterocycles. The lowest BCUT2D eigenvalue weighted by Crippen LogP contribution is -2.44. The van der Waals surface area contributed by atoms with Crippen LogP contribution in [0.15, 0.2) is 70.7 Å². The van der Waals surface area contributed by atoms with Crippen LogP contribution in [0.5, 0.6) is 0 Å². The molecule has 0 N–H and O–H groups in total. The van der Waals surface area contributed by atoms with Crippen molar-refractivity contribution in [2.45, 2.75) is 56.5 Å². The van der Waals surface area contributed by atoms with Gasteiger partial charge in [-0.25, -0.2) is 13.2 Å². The summed E-state index contributed by atoms with van der Waals surface area (Å²) in [6, 6.07) is 15.3. The summed E-state index contributed by atoms with van der Waals surface area (Å²) in [5.74, 6) is -0.226.